The van der Waals surface area contributed by atoms with Crippen molar-refractivity contribution in [3.05, 3.63) is 47.7 Å². The van der Waals surface area contributed by atoms with Crippen molar-refractivity contribution in [2.24, 2.45) is 5.92 Å². The number of nitrogens with zero attached hydrogens (tertiary/aromatic N) is 4. The number of amides is 1. The molecule has 0 bridgehead atoms. The summed E-state index contributed by atoms with van der Waals surface area (Å²) >= 11 is 1.39. The van der Waals surface area contributed by atoms with Crippen LogP contribution in [0.2, 0.25) is 0 Å². The Morgan fingerprint density at radius 2 is 2.27 bits per heavy atom. The first-order valence-electron chi connectivity index (χ1n) is 8.17. The predicted octanol–water partition coefficient (Wildman–Crippen LogP) is 2.40. The number of hydrogen-bond donors (Lipinski definition) is 2. The smallest absolute Gasteiger partial charge is 0.233 e. The average Bonchev–Trinajstić information content (AvgIpc) is 3.32. The van der Waals surface area contributed by atoms with Gasteiger partial charge in [0.05, 0.1) is 19.1 Å². The van der Waals surface area contributed by atoms with Gasteiger partial charge in [-0.1, -0.05) is 12.1 Å². The van der Waals surface area contributed by atoms with E-state index in [2.05, 4.69) is 25.7 Å². The second kappa shape index (κ2) is 6.75. The van der Waals surface area contributed by atoms with Crippen LogP contribution in [0.3, 0.4) is 0 Å². The van der Waals surface area contributed by atoms with Gasteiger partial charge in [-0.25, -0.2) is 9.67 Å². The summed E-state index contributed by atoms with van der Waals surface area (Å²) in [6.07, 6.45) is 3.15. The van der Waals surface area contributed by atoms with Crippen molar-refractivity contribution in [1.29, 1.82) is 0 Å². The van der Waals surface area contributed by atoms with E-state index in [-0.39, 0.29) is 18.0 Å². The summed E-state index contributed by atoms with van der Waals surface area (Å²) in [5.41, 5.74) is 0.934. The van der Waals surface area contributed by atoms with Crippen molar-refractivity contribution in [3.8, 4) is 5.75 Å². The number of aromatic nitrogens is 4. The topological polar surface area (TPSA) is 94.0 Å². The summed E-state index contributed by atoms with van der Waals surface area (Å²) in [5.74, 6) is 0.854. The summed E-state index contributed by atoms with van der Waals surface area (Å²) in [5, 5.41) is 12.9. The van der Waals surface area contributed by atoms with E-state index in [4.69, 9.17) is 4.74 Å². The van der Waals surface area contributed by atoms with Crippen LogP contribution in [-0.4, -0.2) is 38.8 Å². The molecule has 1 amide bonds. The van der Waals surface area contributed by atoms with Gasteiger partial charge in [0.2, 0.25) is 11.9 Å². The molecule has 134 valence electrons. The number of rotatable bonds is 4. The maximum Gasteiger partial charge on any atom is 0.233 e. The largest absolute Gasteiger partial charge is 0.497 e. The third-order valence-corrected chi connectivity index (χ3v) is 5.16. The van der Waals surface area contributed by atoms with Gasteiger partial charge in [-0.3, -0.25) is 4.79 Å². The Morgan fingerprint density at radius 3 is 3.04 bits per heavy atom. The first-order chi connectivity index (χ1) is 12.7. The molecular weight excluding hydrogens is 352 g/mol. The number of anilines is 2. The van der Waals surface area contributed by atoms with Crippen molar-refractivity contribution in [3.63, 3.8) is 0 Å². The normalized spacial score (nSPS) is 21.5. The van der Waals surface area contributed by atoms with Gasteiger partial charge in [-0.05, 0) is 24.6 Å². The zero-order valence-electron chi connectivity index (χ0n) is 14.3. The number of hydrogen-bond acceptors (Lipinski definition) is 7. The lowest BCUT2D eigenvalue weighted by Crippen LogP contribution is -2.46. The van der Waals surface area contributed by atoms with Gasteiger partial charge in [0, 0.05) is 17.6 Å². The number of benzene rings is 1. The maximum absolute atomic E-state index is 13.1. The molecular formula is C17H18N6O2S. The summed E-state index contributed by atoms with van der Waals surface area (Å²) in [6, 6.07) is 7.24. The van der Waals surface area contributed by atoms with E-state index in [9.17, 15) is 4.79 Å². The van der Waals surface area contributed by atoms with Crippen LogP contribution in [0.25, 0.3) is 0 Å². The minimum atomic E-state index is -0.403. The van der Waals surface area contributed by atoms with Gasteiger partial charge in [-0.15, -0.1) is 11.3 Å². The van der Waals surface area contributed by atoms with Gasteiger partial charge >= 0.3 is 0 Å². The number of ether oxygens (including phenoxy) is 1. The van der Waals surface area contributed by atoms with Crippen molar-refractivity contribution < 1.29 is 9.53 Å². The Bertz CT molecular complexity index is 910. The highest BCUT2D eigenvalue weighted by molar-refractivity contribution is 7.13. The van der Waals surface area contributed by atoms with Crippen LogP contribution in [0.15, 0.2) is 42.2 Å². The zero-order chi connectivity index (χ0) is 18.1. The number of carbonyl (C=O) groups is 1. The molecule has 1 aromatic carbocycles. The van der Waals surface area contributed by atoms with Gasteiger partial charge in [-0.2, -0.15) is 10.1 Å². The van der Waals surface area contributed by atoms with Gasteiger partial charge in [0.1, 0.15) is 12.1 Å². The molecule has 0 saturated heterocycles. The summed E-state index contributed by atoms with van der Waals surface area (Å²) < 4.78 is 7.10. The lowest BCUT2D eigenvalue weighted by molar-refractivity contribution is -0.121. The molecule has 2 N–H and O–H groups in total. The van der Waals surface area contributed by atoms with Gasteiger partial charge < -0.3 is 15.4 Å². The highest BCUT2D eigenvalue weighted by atomic mass is 32.1. The standard InChI is InChI=1S/C17H18N6O2S/c1-10-13(15(24)22-17-18-6-7-26-17)14(23-16(21-10)19-9-20-23)11-4-3-5-12(8-11)25-2/h3-10,13-14H,1-2H3,(H,18,22,24)(H,19,20,21)/t10-,13+,14+/m1/s1. The molecule has 1 aliphatic rings. The molecule has 8 nitrogen and oxygen atoms in total. The predicted molar refractivity (Wildman–Crippen MR) is 98.5 cm³/mol. The van der Waals surface area contributed by atoms with E-state index < -0.39 is 5.92 Å². The number of nitrogens with one attached hydrogen (secondary N) is 2. The van der Waals surface area contributed by atoms with E-state index in [1.54, 1.807) is 18.0 Å². The molecule has 9 heteroatoms. The maximum atomic E-state index is 13.1. The molecule has 0 radical (unpaired) electrons. The van der Waals surface area contributed by atoms with E-state index >= 15 is 0 Å². The van der Waals surface area contributed by atoms with Crippen LogP contribution in [0, 0.1) is 5.92 Å². The second-order valence-corrected chi connectivity index (χ2v) is 6.93. The molecule has 3 heterocycles. The van der Waals surface area contributed by atoms with Crippen LogP contribution in [0.5, 0.6) is 5.75 Å². The van der Waals surface area contributed by atoms with Gasteiger partial charge in [0.25, 0.3) is 0 Å². The molecule has 26 heavy (non-hydrogen) atoms. The average molecular weight is 370 g/mol. The van der Waals surface area contributed by atoms with Crippen molar-refractivity contribution >= 4 is 28.3 Å². The molecule has 1 aliphatic heterocycles. The number of fused-ring (bicyclic) bond motifs is 1. The van der Waals surface area contributed by atoms with E-state index in [1.807, 2.05) is 36.6 Å². The number of thiazole rings is 1. The minimum Gasteiger partial charge on any atom is -0.497 e. The van der Waals surface area contributed by atoms with Crippen LogP contribution in [-0.2, 0) is 4.79 Å². The van der Waals surface area contributed by atoms with Gasteiger partial charge in [0.15, 0.2) is 5.13 Å². The molecule has 4 rings (SSSR count). The van der Waals surface area contributed by atoms with Crippen molar-refractivity contribution in [2.75, 3.05) is 17.7 Å². The molecule has 0 aliphatic carbocycles. The van der Waals surface area contributed by atoms with Crippen LogP contribution >= 0.6 is 11.3 Å². The first-order valence-corrected chi connectivity index (χ1v) is 9.05. The quantitative estimate of drug-likeness (QED) is 0.732. The monoisotopic (exact) mass is 370 g/mol. The Kier molecular flexibility index (Phi) is 4.29. The Morgan fingerprint density at radius 1 is 1.38 bits per heavy atom. The van der Waals surface area contributed by atoms with Crippen LogP contribution < -0.4 is 15.4 Å². The number of carbonyl (C=O) groups excluding carboxylic acids is 1. The van der Waals surface area contributed by atoms with E-state index in [0.717, 1.165) is 11.3 Å². The zero-order valence-corrected chi connectivity index (χ0v) is 15.1. The van der Waals surface area contributed by atoms with E-state index in [1.165, 1.54) is 17.7 Å². The molecule has 0 spiro atoms. The Balaban J connectivity index is 1.75. The van der Waals surface area contributed by atoms with Crippen LogP contribution in [0.1, 0.15) is 18.5 Å². The third kappa shape index (κ3) is 2.90. The fraction of sp³-hybridized carbons (Fsp3) is 0.294. The highest BCUT2D eigenvalue weighted by Crippen LogP contribution is 2.37. The SMILES string of the molecule is COc1cccc([C@H]2[C@@H](C(=O)Nc3nccs3)[C@@H](C)Nc3ncnn32)c1. The fourth-order valence-corrected chi connectivity index (χ4v) is 3.83. The summed E-state index contributed by atoms with van der Waals surface area (Å²) in [7, 11) is 1.62. The molecule has 0 fully saturated rings. The number of methoxy groups -OCH3 is 1. The highest BCUT2D eigenvalue weighted by Gasteiger charge is 2.41. The molecule has 0 saturated carbocycles. The fourth-order valence-electron chi connectivity index (χ4n) is 3.29. The molecule has 3 atom stereocenters. The first kappa shape index (κ1) is 16.5. The minimum absolute atomic E-state index is 0.117. The second-order valence-electron chi connectivity index (χ2n) is 6.03. The lowest BCUT2D eigenvalue weighted by atomic mass is 9.85. The van der Waals surface area contributed by atoms with Crippen molar-refractivity contribution in [2.45, 2.75) is 19.0 Å². The van der Waals surface area contributed by atoms with E-state index in [0.29, 0.717) is 11.1 Å². The van der Waals surface area contributed by atoms with Crippen molar-refractivity contribution in [1.82, 2.24) is 19.7 Å². The Labute approximate surface area is 154 Å². The summed E-state index contributed by atoms with van der Waals surface area (Å²) in [6.45, 7) is 1.97. The third-order valence-electron chi connectivity index (χ3n) is 4.47. The molecule has 0 unspecified atom stereocenters. The molecule has 3 aromatic rings. The van der Waals surface area contributed by atoms with Crippen LogP contribution in [0.4, 0.5) is 11.1 Å². The lowest BCUT2D eigenvalue weighted by Gasteiger charge is -2.36. The molecule has 2 aromatic heterocycles. The summed E-state index contributed by atoms with van der Waals surface area (Å²) in [4.78, 5) is 21.5. The Hall–Kier alpha value is -2.94.